The number of thiazole rings is 1. The fourth-order valence-electron chi connectivity index (χ4n) is 5.17. The number of ether oxygens (including phenoxy) is 1. The molecule has 0 amide bonds. The molecule has 2 aliphatic rings. The van der Waals surface area contributed by atoms with Crippen molar-refractivity contribution in [3.63, 3.8) is 0 Å². The molecule has 1 saturated carbocycles. The minimum absolute atomic E-state index is 0. The molecule has 1 aliphatic heterocycles. The van der Waals surface area contributed by atoms with Gasteiger partial charge in [0.1, 0.15) is 11.5 Å². The molecule has 3 aromatic heterocycles. The molecule has 1 aliphatic carbocycles. The van der Waals surface area contributed by atoms with E-state index in [0.717, 1.165) is 103 Å². The lowest BCUT2D eigenvalue weighted by Crippen LogP contribution is -2.45. The van der Waals surface area contributed by atoms with Gasteiger partial charge in [0.25, 0.3) is 0 Å². The molecule has 4 heterocycles. The highest BCUT2D eigenvalue weighted by atomic mass is 32.1. The van der Waals surface area contributed by atoms with Gasteiger partial charge in [-0.2, -0.15) is 5.10 Å². The number of rotatable bonds is 8. The third-order valence-electron chi connectivity index (χ3n) is 7.54. The van der Waals surface area contributed by atoms with Crippen molar-refractivity contribution in [1.82, 2.24) is 29.5 Å². The molecular weight excluding hydrogens is 510 g/mol. The summed E-state index contributed by atoms with van der Waals surface area (Å²) < 4.78 is 9.25. The molecule has 6 rings (SSSR count). The number of benzene rings is 1. The summed E-state index contributed by atoms with van der Waals surface area (Å²) in [6.07, 6.45) is 9.46. The van der Waals surface area contributed by atoms with Gasteiger partial charge in [-0.15, -0.1) is 0 Å². The first kappa shape index (κ1) is 27.5. The van der Waals surface area contributed by atoms with Gasteiger partial charge >= 0.3 is 0 Å². The first-order valence-corrected chi connectivity index (χ1v) is 14.3. The standard InChI is InChI=1S/C28H35N7O2S.CH4/c1-33-10-12-34(13-11-33)14-15-35-19-20(18-30-35)25-16-22(8-9-29-25)37-21-6-7-24-27(17-21)38-28(32-24)31-23-4-2-3-5-26(23)36;/h6-9,16-19,23,26,36H,2-5,10-15H2,1H3,(H,31,32);1H4/t23-,26-;/m1./s1. The minimum Gasteiger partial charge on any atom is -0.457 e. The van der Waals surface area contributed by atoms with Crippen LogP contribution in [0.25, 0.3) is 21.5 Å². The summed E-state index contributed by atoms with van der Waals surface area (Å²) in [6, 6.07) is 9.84. The minimum atomic E-state index is -0.306. The van der Waals surface area contributed by atoms with Crippen LogP contribution < -0.4 is 10.1 Å². The summed E-state index contributed by atoms with van der Waals surface area (Å²) in [7, 11) is 2.18. The third kappa shape index (κ3) is 6.75. The van der Waals surface area contributed by atoms with Crippen molar-refractivity contribution in [3.8, 4) is 22.8 Å². The molecular formula is C29H39N7O2S. The van der Waals surface area contributed by atoms with Crippen molar-refractivity contribution >= 4 is 26.7 Å². The molecule has 1 aromatic carbocycles. The third-order valence-corrected chi connectivity index (χ3v) is 8.48. The fraction of sp³-hybridized carbons (Fsp3) is 0.483. The monoisotopic (exact) mass is 549 g/mol. The van der Waals surface area contributed by atoms with Crippen LogP contribution in [0.3, 0.4) is 0 Å². The van der Waals surface area contributed by atoms with Gasteiger partial charge in [-0.3, -0.25) is 14.6 Å². The molecule has 4 aromatic rings. The van der Waals surface area contributed by atoms with Crippen molar-refractivity contribution < 1.29 is 9.84 Å². The average molecular weight is 550 g/mol. The molecule has 9 nitrogen and oxygen atoms in total. The molecule has 208 valence electrons. The van der Waals surface area contributed by atoms with E-state index in [0.29, 0.717) is 0 Å². The number of pyridine rings is 1. The predicted molar refractivity (Wildman–Crippen MR) is 158 cm³/mol. The quantitative estimate of drug-likeness (QED) is 0.319. The van der Waals surface area contributed by atoms with E-state index in [9.17, 15) is 5.11 Å². The zero-order valence-corrected chi connectivity index (χ0v) is 22.6. The molecule has 0 radical (unpaired) electrons. The largest absolute Gasteiger partial charge is 0.457 e. The summed E-state index contributed by atoms with van der Waals surface area (Å²) >= 11 is 1.59. The number of nitrogens with one attached hydrogen (secondary N) is 1. The second kappa shape index (κ2) is 12.4. The highest BCUT2D eigenvalue weighted by Crippen LogP contribution is 2.33. The van der Waals surface area contributed by atoms with Crippen LogP contribution in [-0.2, 0) is 6.54 Å². The topological polar surface area (TPSA) is 91.6 Å². The predicted octanol–water partition coefficient (Wildman–Crippen LogP) is 4.95. The first-order valence-electron chi connectivity index (χ1n) is 13.5. The highest BCUT2D eigenvalue weighted by molar-refractivity contribution is 7.22. The Morgan fingerprint density at radius 1 is 1.05 bits per heavy atom. The first-order chi connectivity index (χ1) is 18.6. The Balaban J connectivity index is 0.00000308. The fourth-order valence-corrected chi connectivity index (χ4v) is 6.13. The normalized spacial score (nSPS) is 20.6. The van der Waals surface area contributed by atoms with Crippen molar-refractivity contribution in [2.75, 3.05) is 45.1 Å². The lowest BCUT2D eigenvalue weighted by molar-refractivity contribution is 0.116. The van der Waals surface area contributed by atoms with Crippen LogP contribution in [0.5, 0.6) is 11.5 Å². The number of nitrogens with zero attached hydrogens (tertiary/aromatic N) is 6. The number of aliphatic hydroxyl groups excluding tert-OH is 1. The number of hydrogen-bond acceptors (Lipinski definition) is 9. The van der Waals surface area contributed by atoms with E-state index >= 15 is 0 Å². The summed E-state index contributed by atoms with van der Waals surface area (Å²) in [6.45, 7) is 6.34. The second-order valence-corrected chi connectivity index (χ2v) is 11.4. The van der Waals surface area contributed by atoms with E-state index in [1.54, 1.807) is 17.5 Å². The van der Waals surface area contributed by atoms with Crippen molar-refractivity contribution in [2.45, 2.75) is 51.8 Å². The summed E-state index contributed by atoms with van der Waals surface area (Å²) in [5, 5.41) is 19.1. The Hall–Kier alpha value is -3.05. The van der Waals surface area contributed by atoms with E-state index < -0.39 is 0 Å². The summed E-state index contributed by atoms with van der Waals surface area (Å²) in [4.78, 5) is 14.1. The van der Waals surface area contributed by atoms with Gasteiger partial charge in [-0.05, 0) is 38.1 Å². The van der Waals surface area contributed by atoms with Crippen LogP contribution in [0.1, 0.15) is 33.1 Å². The second-order valence-electron chi connectivity index (χ2n) is 10.4. The van der Waals surface area contributed by atoms with E-state index in [1.807, 2.05) is 41.2 Å². The van der Waals surface area contributed by atoms with Crippen LogP contribution in [0.4, 0.5) is 5.13 Å². The maximum atomic E-state index is 10.3. The van der Waals surface area contributed by atoms with Crippen LogP contribution in [0, 0.1) is 0 Å². The van der Waals surface area contributed by atoms with E-state index in [-0.39, 0.29) is 19.6 Å². The van der Waals surface area contributed by atoms with Crippen molar-refractivity contribution in [1.29, 1.82) is 0 Å². The van der Waals surface area contributed by atoms with Crippen molar-refractivity contribution in [2.24, 2.45) is 0 Å². The zero-order chi connectivity index (χ0) is 25.9. The number of fused-ring (bicyclic) bond motifs is 1. The summed E-state index contributed by atoms with van der Waals surface area (Å²) in [5.41, 5.74) is 2.74. The highest BCUT2D eigenvalue weighted by Gasteiger charge is 2.23. The van der Waals surface area contributed by atoms with Gasteiger partial charge in [0.2, 0.25) is 0 Å². The molecule has 0 unspecified atom stereocenters. The zero-order valence-electron chi connectivity index (χ0n) is 21.8. The van der Waals surface area contributed by atoms with Gasteiger partial charge < -0.3 is 20.1 Å². The number of anilines is 1. The van der Waals surface area contributed by atoms with Gasteiger partial charge in [-0.25, -0.2) is 4.98 Å². The molecule has 2 N–H and O–H groups in total. The Morgan fingerprint density at radius 2 is 1.87 bits per heavy atom. The van der Waals surface area contributed by atoms with E-state index in [1.165, 1.54) is 0 Å². The number of likely N-dealkylation sites (N-methyl/N-ethyl adjacent to an activating group) is 1. The molecule has 0 spiro atoms. The molecule has 2 atom stereocenters. The summed E-state index contributed by atoms with van der Waals surface area (Å²) in [5.74, 6) is 1.48. The molecule has 39 heavy (non-hydrogen) atoms. The molecule has 2 fully saturated rings. The molecule has 1 saturated heterocycles. The number of aromatic nitrogens is 4. The smallest absolute Gasteiger partial charge is 0.184 e. The Labute approximate surface area is 234 Å². The number of hydrogen-bond donors (Lipinski definition) is 2. The van der Waals surface area contributed by atoms with Gasteiger partial charge in [0.15, 0.2) is 5.13 Å². The van der Waals surface area contributed by atoms with Crippen LogP contribution in [-0.4, -0.2) is 86.6 Å². The maximum Gasteiger partial charge on any atom is 0.184 e. The molecule has 10 heteroatoms. The number of aliphatic hydroxyl groups is 1. The lowest BCUT2D eigenvalue weighted by atomic mass is 9.93. The Kier molecular flexibility index (Phi) is 8.76. The van der Waals surface area contributed by atoms with Crippen LogP contribution in [0.2, 0.25) is 0 Å². The van der Waals surface area contributed by atoms with Crippen LogP contribution in [0.15, 0.2) is 48.9 Å². The van der Waals surface area contributed by atoms with E-state index in [4.69, 9.17) is 9.72 Å². The Morgan fingerprint density at radius 3 is 2.72 bits per heavy atom. The maximum absolute atomic E-state index is 10.3. The Bertz CT molecular complexity index is 1360. The SMILES string of the molecule is C.CN1CCN(CCn2cc(-c3cc(Oc4ccc5nc(N[C@@H]6CCCC[C@H]6O)sc5c4)ccn3)cn2)CC1. The van der Waals surface area contributed by atoms with Gasteiger partial charge in [0.05, 0.1) is 40.8 Å². The van der Waals surface area contributed by atoms with Crippen molar-refractivity contribution in [3.05, 3.63) is 48.9 Å². The number of piperazine rings is 1. The molecule has 0 bridgehead atoms. The van der Waals surface area contributed by atoms with Gasteiger partial charge in [0, 0.05) is 62.8 Å². The lowest BCUT2D eigenvalue weighted by Gasteiger charge is -2.32. The average Bonchev–Trinajstić information content (AvgIpc) is 3.56. The van der Waals surface area contributed by atoms with Gasteiger partial charge in [-0.1, -0.05) is 31.6 Å². The van der Waals surface area contributed by atoms with E-state index in [2.05, 4.69) is 38.4 Å². The van der Waals surface area contributed by atoms with Crippen LogP contribution >= 0.6 is 11.3 Å².